The smallest absolute Gasteiger partial charge is 0.0400 e. The topological polar surface area (TPSA) is 12.0 Å². The first-order chi connectivity index (χ1) is 10.7. The highest BCUT2D eigenvalue weighted by Gasteiger charge is 2.18. The summed E-state index contributed by atoms with van der Waals surface area (Å²) in [7, 11) is 0. The Bertz CT molecular complexity index is 503. The molecule has 23 heavy (non-hydrogen) atoms. The number of hydrogen-bond acceptors (Lipinski definition) is 1. The molecule has 1 rings (SSSR count). The maximum absolute atomic E-state index is 3.70. The standard InChI is InChI=1S/C22H37N/c1-8-12-20(16-21(3,4)5)23-17-19-14-11-10-13-18(19)15-22(6,7)9-2/h10-14,23H,8-9,15-17H2,1-7H3/b20-12-. The number of hydrogen-bond donors (Lipinski definition) is 1. The van der Waals surface area contributed by atoms with E-state index < -0.39 is 0 Å². The van der Waals surface area contributed by atoms with E-state index >= 15 is 0 Å². The van der Waals surface area contributed by atoms with Gasteiger partial charge in [-0.25, -0.2) is 0 Å². The molecular weight excluding hydrogens is 278 g/mol. The fourth-order valence-corrected chi connectivity index (χ4v) is 2.78. The van der Waals surface area contributed by atoms with Gasteiger partial charge in [0.05, 0.1) is 0 Å². The van der Waals surface area contributed by atoms with E-state index in [9.17, 15) is 0 Å². The minimum Gasteiger partial charge on any atom is -0.384 e. The van der Waals surface area contributed by atoms with Crippen LogP contribution in [0.15, 0.2) is 36.0 Å². The summed E-state index contributed by atoms with van der Waals surface area (Å²) in [6.07, 6.45) is 6.88. The summed E-state index contributed by atoms with van der Waals surface area (Å²) >= 11 is 0. The Morgan fingerprint density at radius 2 is 1.61 bits per heavy atom. The van der Waals surface area contributed by atoms with E-state index in [1.54, 1.807) is 0 Å². The fraction of sp³-hybridized carbons (Fsp3) is 0.636. The highest BCUT2D eigenvalue weighted by Crippen LogP contribution is 2.28. The van der Waals surface area contributed by atoms with Crippen molar-refractivity contribution in [2.75, 3.05) is 0 Å². The minimum atomic E-state index is 0.317. The van der Waals surface area contributed by atoms with Crippen LogP contribution in [-0.4, -0.2) is 0 Å². The molecule has 0 amide bonds. The van der Waals surface area contributed by atoms with E-state index in [0.29, 0.717) is 10.8 Å². The van der Waals surface area contributed by atoms with Crippen LogP contribution in [0.4, 0.5) is 0 Å². The zero-order chi connectivity index (χ0) is 17.5. The van der Waals surface area contributed by atoms with Crippen LogP contribution in [0.3, 0.4) is 0 Å². The summed E-state index contributed by atoms with van der Waals surface area (Å²) in [5, 5.41) is 3.70. The van der Waals surface area contributed by atoms with E-state index in [0.717, 1.165) is 25.8 Å². The fourth-order valence-electron chi connectivity index (χ4n) is 2.78. The third-order valence-corrected chi connectivity index (χ3v) is 4.42. The highest BCUT2D eigenvalue weighted by molar-refractivity contribution is 5.28. The Morgan fingerprint density at radius 3 is 2.13 bits per heavy atom. The van der Waals surface area contributed by atoms with E-state index in [-0.39, 0.29) is 0 Å². The second-order valence-corrected chi connectivity index (χ2v) is 8.69. The van der Waals surface area contributed by atoms with Gasteiger partial charge in [0.15, 0.2) is 0 Å². The SMILES string of the molecule is CC/C=C(/CC(C)(C)C)NCc1ccccc1CC(C)(C)CC. The minimum absolute atomic E-state index is 0.317. The summed E-state index contributed by atoms with van der Waals surface area (Å²) in [4.78, 5) is 0. The molecule has 0 unspecified atom stereocenters. The average molecular weight is 316 g/mol. The van der Waals surface area contributed by atoms with Crippen LogP contribution in [0.25, 0.3) is 0 Å². The molecule has 0 saturated carbocycles. The molecule has 1 nitrogen and oxygen atoms in total. The third-order valence-electron chi connectivity index (χ3n) is 4.42. The van der Waals surface area contributed by atoms with Gasteiger partial charge in [-0.2, -0.15) is 0 Å². The molecule has 0 aliphatic carbocycles. The molecule has 0 bridgehead atoms. The van der Waals surface area contributed by atoms with Crippen LogP contribution in [-0.2, 0) is 13.0 Å². The Labute approximate surface area is 144 Å². The molecule has 1 N–H and O–H groups in total. The second kappa shape index (κ2) is 8.57. The van der Waals surface area contributed by atoms with Crippen molar-refractivity contribution in [1.82, 2.24) is 5.32 Å². The van der Waals surface area contributed by atoms with Crippen LogP contribution in [0, 0.1) is 10.8 Å². The van der Waals surface area contributed by atoms with Crippen LogP contribution < -0.4 is 5.32 Å². The normalized spacial score (nSPS) is 13.3. The van der Waals surface area contributed by atoms with Gasteiger partial charge in [-0.05, 0) is 41.2 Å². The van der Waals surface area contributed by atoms with Gasteiger partial charge >= 0.3 is 0 Å². The molecular formula is C22H37N. The second-order valence-electron chi connectivity index (χ2n) is 8.69. The zero-order valence-corrected chi connectivity index (χ0v) is 16.4. The molecule has 0 aliphatic heterocycles. The van der Waals surface area contributed by atoms with Crippen molar-refractivity contribution < 1.29 is 0 Å². The number of rotatable bonds is 8. The quantitative estimate of drug-likeness (QED) is 0.578. The van der Waals surface area contributed by atoms with Gasteiger partial charge in [-0.3, -0.25) is 0 Å². The predicted octanol–water partition coefficient (Wildman–Crippen LogP) is 6.49. The van der Waals surface area contributed by atoms with Crippen LogP contribution in [0.5, 0.6) is 0 Å². The molecule has 0 aromatic heterocycles. The molecule has 0 spiro atoms. The predicted molar refractivity (Wildman–Crippen MR) is 104 cm³/mol. The number of allylic oxidation sites excluding steroid dienone is 2. The van der Waals surface area contributed by atoms with Gasteiger partial charge < -0.3 is 5.32 Å². The Morgan fingerprint density at radius 1 is 1.00 bits per heavy atom. The Balaban J connectivity index is 2.82. The Kier molecular flexibility index (Phi) is 7.38. The molecule has 1 heteroatoms. The summed E-state index contributed by atoms with van der Waals surface area (Å²) in [5.41, 5.74) is 4.98. The Hall–Kier alpha value is -1.24. The molecule has 130 valence electrons. The molecule has 0 atom stereocenters. The van der Waals surface area contributed by atoms with Gasteiger partial charge in [0.25, 0.3) is 0 Å². The van der Waals surface area contributed by atoms with Crippen molar-refractivity contribution in [3.8, 4) is 0 Å². The van der Waals surface area contributed by atoms with Gasteiger partial charge in [0.1, 0.15) is 0 Å². The lowest BCUT2D eigenvalue weighted by Crippen LogP contribution is -2.20. The van der Waals surface area contributed by atoms with Crippen molar-refractivity contribution in [3.05, 3.63) is 47.2 Å². The lowest BCUT2D eigenvalue weighted by atomic mass is 9.82. The average Bonchev–Trinajstić information content (AvgIpc) is 2.44. The number of benzene rings is 1. The van der Waals surface area contributed by atoms with Crippen LogP contribution in [0.1, 0.15) is 78.9 Å². The molecule has 0 radical (unpaired) electrons. The first-order valence-corrected chi connectivity index (χ1v) is 9.16. The largest absolute Gasteiger partial charge is 0.384 e. The lowest BCUT2D eigenvalue weighted by Gasteiger charge is -2.25. The van der Waals surface area contributed by atoms with Crippen molar-refractivity contribution in [1.29, 1.82) is 0 Å². The van der Waals surface area contributed by atoms with Crippen molar-refractivity contribution in [3.63, 3.8) is 0 Å². The first-order valence-electron chi connectivity index (χ1n) is 9.16. The third kappa shape index (κ3) is 7.72. The van der Waals surface area contributed by atoms with Crippen molar-refractivity contribution >= 4 is 0 Å². The molecule has 0 heterocycles. The van der Waals surface area contributed by atoms with Crippen molar-refractivity contribution in [2.45, 2.75) is 80.7 Å². The maximum Gasteiger partial charge on any atom is 0.0400 e. The summed E-state index contributed by atoms with van der Waals surface area (Å²) in [5.74, 6) is 0. The first kappa shape index (κ1) is 19.8. The van der Waals surface area contributed by atoms with Gasteiger partial charge in [0.2, 0.25) is 0 Å². The van der Waals surface area contributed by atoms with E-state index in [1.807, 2.05) is 0 Å². The highest BCUT2D eigenvalue weighted by atomic mass is 14.9. The van der Waals surface area contributed by atoms with Crippen LogP contribution >= 0.6 is 0 Å². The summed E-state index contributed by atoms with van der Waals surface area (Å²) < 4.78 is 0. The summed E-state index contributed by atoms with van der Waals surface area (Å²) in [6.45, 7) is 17.0. The zero-order valence-electron chi connectivity index (χ0n) is 16.4. The van der Waals surface area contributed by atoms with Gasteiger partial charge in [-0.15, -0.1) is 0 Å². The molecule has 0 aliphatic rings. The molecule has 0 saturated heterocycles. The monoisotopic (exact) mass is 315 g/mol. The van der Waals surface area contributed by atoms with E-state index in [4.69, 9.17) is 0 Å². The van der Waals surface area contributed by atoms with E-state index in [2.05, 4.69) is 84.1 Å². The van der Waals surface area contributed by atoms with Gasteiger partial charge in [0, 0.05) is 12.2 Å². The maximum atomic E-state index is 3.70. The van der Waals surface area contributed by atoms with E-state index in [1.165, 1.54) is 23.2 Å². The molecule has 0 fully saturated rings. The summed E-state index contributed by atoms with van der Waals surface area (Å²) in [6, 6.07) is 8.89. The number of nitrogens with one attached hydrogen (secondary N) is 1. The molecule has 1 aromatic rings. The van der Waals surface area contributed by atoms with Gasteiger partial charge in [-0.1, -0.05) is 85.2 Å². The van der Waals surface area contributed by atoms with Crippen molar-refractivity contribution in [2.24, 2.45) is 10.8 Å². The molecule has 1 aromatic carbocycles. The van der Waals surface area contributed by atoms with Crippen LogP contribution in [0.2, 0.25) is 0 Å². The lowest BCUT2D eigenvalue weighted by molar-refractivity contribution is 0.348.